The van der Waals surface area contributed by atoms with Crippen LogP contribution >= 0.6 is 11.8 Å². The number of benzene rings is 1. The molecule has 0 atom stereocenters. The summed E-state index contributed by atoms with van der Waals surface area (Å²) in [6, 6.07) is 5.25. The molecular weight excluding hydrogens is 264 g/mol. The van der Waals surface area contributed by atoms with E-state index in [4.69, 9.17) is 0 Å². The molecule has 0 fully saturated rings. The highest BCUT2D eigenvalue weighted by Gasteiger charge is 2.21. The van der Waals surface area contributed by atoms with Gasteiger partial charge in [-0.15, -0.1) is 0 Å². The highest BCUT2D eigenvalue weighted by atomic mass is 32.2. The zero-order chi connectivity index (χ0) is 13.8. The maximum atomic E-state index is 11.3. The van der Waals surface area contributed by atoms with Gasteiger partial charge in [-0.3, -0.25) is 10.1 Å². The second-order valence-electron chi connectivity index (χ2n) is 3.86. The summed E-state index contributed by atoms with van der Waals surface area (Å²) in [5.41, 5.74) is 0.629. The molecule has 0 saturated carbocycles. The van der Waals surface area contributed by atoms with Crippen LogP contribution in [0.2, 0.25) is 0 Å². The molecule has 19 heavy (non-hydrogen) atoms. The van der Waals surface area contributed by atoms with Crippen molar-refractivity contribution in [2.24, 2.45) is 7.05 Å². The number of nitrogens with zero attached hydrogens (tertiary/aromatic N) is 3. The Labute approximate surface area is 115 Å². The van der Waals surface area contributed by atoms with Gasteiger partial charge in [0.1, 0.15) is 5.69 Å². The summed E-state index contributed by atoms with van der Waals surface area (Å²) >= 11 is 1.29. The molecule has 0 bridgehead atoms. The van der Waals surface area contributed by atoms with E-state index in [1.54, 1.807) is 24.4 Å². The quantitative estimate of drug-likeness (QED) is 0.672. The Kier molecular flexibility index (Phi) is 4.06. The number of hydrogen-bond acceptors (Lipinski definition) is 5. The fourth-order valence-electron chi connectivity index (χ4n) is 1.67. The van der Waals surface area contributed by atoms with Crippen molar-refractivity contribution in [3.63, 3.8) is 0 Å². The maximum Gasteiger partial charge on any atom is 0.306 e. The summed E-state index contributed by atoms with van der Waals surface area (Å²) in [5.74, 6) is 0. The molecule has 0 aliphatic heterocycles. The molecule has 0 amide bonds. The Bertz CT molecular complexity index is 597. The van der Waals surface area contributed by atoms with Gasteiger partial charge in [0, 0.05) is 26.0 Å². The van der Waals surface area contributed by atoms with Crippen LogP contribution in [0.4, 0.5) is 11.4 Å². The van der Waals surface area contributed by atoms with E-state index in [0.717, 1.165) is 5.16 Å². The first kappa shape index (κ1) is 13.4. The normalized spacial score (nSPS) is 10.4. The van der Waals surface area contributed by atoms with E-state index in [0.29, 0.717) is 17.1 Å². The van der Waals surface area contributed by atoms with Gasteiger partial charge in [0.05, 0.1) is 9.82 Å². The summed E-state index contributed by atoms with van der Waals surface area (Å²) in [7, 11) is 1.86. The number of rotatable bonds is 5. The second-order valence-corrected chi connectivity index (χ2v) is 4.87. The second kappa shape index (κ2) is 5.75. The molecule has 100 valence electrons. The van der Waals surface area contributed by atoms with Gasteiger partial charge >= 0.3 is 5.69 Å². The van der Waals surface area contributed by atoms with Gasteiger partial charge in [0.2, 0.25) is 0 Å². The topological polar surface area (TPSA) is 73.0 Å². The Hall–Kier alpha value is -2.02. The van der Waals surface area contributed by atoms with Gasteiger partial charge in [-0.05, 0) is 30.8 Å². The van der Waals surface area contributed by atoms with E-state index >= 15 is 0 Å². The van der Waals surface area contributed by atoms with Crippen LogP contribution in [-0.2, 0) is 7.05 Å². The number of nitrogens with one attached hydrogen (secondary N) is 1. The van der Waals surface area contributed by atoms with Crippen LogP contribution in [0, 0.1) is 10.1 Å². The average molecular weight is 278 g/mol. The van der Waals surface area contributed by atoms with Gasteiger partial charge in [0.25, 0.3) is 0 Å². The minimum atomic E-state index is -0.358. The molecule has 0 spiro atoms. The Morgan fingerprint density at radius 3 is 2.89 bits per heavy atom. The van der Waals surface area contributed by atoms with E-state index in [1.165, 1.54) is 11.8 Å². The molecule has 1 N–H and O–H groups in total. The highest BCUT2D eigenvalue weighted by Crippen LogP contribution is 2.38. The van der Waals surface area contributed by atoms with Crippen molar-refractivity contribution >= 4 is 23.1 Å². The van der Waals surface area contributed by atoms with Crippen LogP contribution in [0.25, 0.3) is 0 Å². The number of hydrogen-bond donors (Lipinski definition) is 1. The average Bonchev–Trinajstić information content (AvgIpc) is 2.75. The van der Waals surface area contributed by atoms with E-state index in [-0.39, 0.29) is 10.6 Å². The van der Waals surface area contributed by atoms with E-state index < -0.39 is 0 Å². The van der Waals surface area contributed by atoms with Crippen molar-refractivity contribution in [3.05, 3.63) is 40.7 Å². The fourth-order valence-corrected chi connectivity index (χ4v) is 2.62. The third-order valence-corrected chi connectivity index (χ3v) is 3.65. The lowest BCUT2D eigenvalue weighted by atomic mass is 10.2. The largest absolute Gasteiger partial charge is 0.380 e. The van der Waals surface area contributed by atoms with Crippen molar-refractivity contribution in [1.29, 1.82) is 0 Å². The lowest BCUT2D eigenvalue weighted by Crippen LogP contribution is -2.02. The van der Waals surface area contributed by atoms with Crippen molar-refractivity contribution < 1.29 is 4.92 Å². The summed E-state index contributed by atoms with van der Waals surface area (Å²) in [5, 5.41) is 15.0. The summed E-state index contributed by atoms with van der Waals surface area (Å²) in [4.78, 5) is 15.6. The molecule has 0 aliphatic carbocycles. The van der Waals surface area contributed by atoms with Crippen LogP contribution in [0.5, 0.6) is 0 Å². The molecule has 7 heteroatoms. The number of anilines is 1. The molecule has 0 radical (unpaired) electrons. The number of nitro benzene ring substituents is 1. The Morgan fingerprint density at radius 2 is 2.32 bits per heavy atom. The molecule has 1 aromatic heterocycles. The lowest BCUT2D eigenvalue weighted by Gasteiger charge is -2.08. The number of imidazole rings is 1. The molecule has 1 heterocycles. The molecule has 0 aliphatic rings. The number of para-hydroxylation sites is 1. The third kappa shape index (κ3) is 2.87. The molecule has 2 aromatic rings. The van der Waals surface area contributed by atoms with Crippen molar-refractivity contribution in [1.82, 2.24) is 9.55 Å². The molecule has 1 aromatic carbocycles. The first-order chi connectivity index (χ1) is 9.13. The SMILES string of the molecule is CCNc1cccc(Sc2nccn2C)c1[N+](=O)[O-]. The fraction of sp³-hybridized carbons (Fsp3) is 0.250. The standard InChI is InChI=1S/C12H14N4O2S/c1-3-13-9-5-4-6-10(11(9)16(17)18)19-12-14-7-8-15(12)2/h4-8,13H,3H2,1-2H3. The first-order valence-corrected chi connectivity index (χ1v) is 6.61. The third-order valence-electron chi connectivity index (χ3n) is 2.53. The lowest BCUT2D eigenvalue weighted by molar-refractivity contribution is -0.386. The molecule has 0 saturated heterocycles. The van der Waals surface area contributed by atoms with Crippen LogP contribution in [-0.4, -0.2) is 21.0 Å². The predicted octanol–water partition coefficient (Wildman–Crippen LogP) is 2.91. The Balaban J connectivity index is 2.42. The molecular formula is C12H14N4O2S. The van der Waals surface area contributed by atoms with Gasteiger partial charge in [0.15, 0.2) is 5.16 Å². The summed E-state index contributed by atoms with van der Waals surface area (Å²) in [6.45, 7) is 2.54. The molecule has 0 unspecified atom stereocenters. The van der Waals surface area contributed by atoms with Gasteiger partial charge in [-0.1, -0.05) is 6.07 Å². The van der Waals surface area contributed by atoms with E-state index in [9.17, 15) is 10.1 Å². The van der Waals surface area contributed by atoms with Crippen molar-refractivity contribution in [2.45, 2.75) is 17.0 Å². The van der Waals surface area contributed by atoms with E-state index in [1.807, 2.05) is 24.7 Å². The van der Waals surface area contributed by atoms with Gasteiger partial charge in [-0.2, -0.15) is 0 Å². The van der Waals surface area contributed by atoms with Crippen LogP contribution in [0.1, 0.15) is 6.92 Å². The van der Waals surface area contributed by atoms with Crippen molar-refractivity contribution in [2.75, 3.05) is 11.9 Å². The maximum absolute atomic E-state index is 11.3. The minimum Gasteiger partial charge on any atom is -0.380 e. The number of aromatic nitrogens is 2. The smallest absolute Gasteiger partial charge is 0.306 e. The summed E-state index contributed by atoms with van der Waals surface area (Å²) in [6.07, 6.45) is 3.48. The van der Waals surface area contributed by atoms with Crippen molar-refractivity contribution in [3.8, 4) is 0 Å². The first-order valence-electron chi connectivity index (χ1n) is 5.80. The molecule has 2 rings (SSSR count). The zero-order valence-electron chi connectivity index (χ0n) is 10.7. The molecule has 6 nitrogen and oxygen atoms in total. The van der Waals surface area contributed by atoms with Crippen LogP contribution in [0.3, 0.4) is 0 Å². The Morgan fingerprint density at radius 1 is 1.53 bits per heavy atom. The van der Waals surface area contributed by atoms with Crippen LogP contribution in [0.15, 0.2) is 40.6 Å². The highest BCUT2D eigenvalue weighted by molar-refractivity contribution is 7.99. The monoisotopic (exact) mass is 278 g/mol. The minimum absolute atomic E-state index is 0.0948. The van der Waals surface area contributed by atoms with Gasteiger partial charge < -0.3 is 9.88 Å². The summed E-state index contributed by atoms with van der Waals surface area (Å²) < 4.78 is 1.83. The van der Waals surface area contributed by atoms with E-state index in [2.05, 4.69) is 10.3 Å². The van der Waals surface area contributed by atoms with Gasteiger partial charge in [-0.25, -0.2) is 4.98 Å². The van der Waals surface area contributed by atoms with Crippen LogP contribution < -0.4 is 5.32 Å². The number of aryl methyl sites for hydroxylation is 1. The number of nitro groups is 1. The zero-order valence-corrected chi connectivity index (χ0v) is 11.5. The predicted molar refractivity (Wildman–Crippen MR) is 74.6 cm³/mol.